The molecule has 2 nitrogen and oxygen atoms in total. The van der Waals surface area contributed by atoms with E-state index in [2.05, 4.69) is 236 Å². The Hall–Kier alpha value is -7.16. The van der Waals surface area contributed by atoms with E-state index in [0.29, 0.717) is 5.92 Å². The van der Waals surface area contributed by atoms with Crippen LogP contribution >= 0.6 is 0 Å². The van der Waals surface area contributed by atoms with Crippen molar-refractivity contribution < 1.29 is 0 Å². The molecular formula is C61H52N2. The molecule has 0 aliphatic heterocycles. The van der Waals surface area contributed by atoms with Crippen LogP contribution in [0.4, 0.5) is 34.1 Å². The minimum Gasteiger partial charge on any atom is -0.310 e. The predicted octanol–water partition coefficient (Wildman–Crippen LogP) is 17.5. The Labute approximate surface area is 372 Å². The average molecular weight is 813 g/mol. The minimum atomic E-state index is -0.113. The highest BCUT2D eigenvalue weighted by Crippen LogP contribution is 2.51. The van der Waals surface area contributed by atoms with Crippen LogP contribution in [0.1, 0.15) is 68.6 Å². The van der Waals surface area contributed by atoms with Gasteiger partial charge in [0.2, 0.25) is 0 Å². The molecule has 9 aromatic carbocycles. The van der Waals surface area contributed by atoms with Crippen molar-refractivity contribution in [3.05, 3.63) is 229 Å². The van der Waals surface area contributed by atoms with Crippen molar-refractivity contribution in [2.75, 3.05) is 9.80 Å². The van der Waals surface area contributed by atoms with Crippen molar-refractivity contribution in [2.45, 2.75) is 57.3 Å². The summed E-state index contributed by atoms with van der Waals surface area (Å²) in [6.07, 6.45) is 6.58. The number of benzene rings is 9. The molecule has 0 bridgehead atoms. The first-order chi connectivity index (χ1) is 31.0. The van der Waals surface area contributed by atoms with E-state index in [1.165, 1.54) is 92.9 Å². The molecule has 63 heavy (non-hydrogen) atoms. The first-order valence-corrected chi connectivity index (χ1v) is 22.8. The Balaban J connectivity index is 1.05. The number of anilines is 6. The smallest absolute Gasteiger partial charge is 0.0546 e. The molecule has 11 rings (SSSR count). The molecule has 1 fully saturated rings. The van der Waals surface area contributed by atoms with Crippen LogP contribution in [0.25, 0.3) is 44.2 Å². The fraction of sp³-hybridized carbons (Fsp3) is 0.148. The van der Waals surface area contributed by atoms with E-state index >= 15 is 0 Å². The van der Waals surface area contributed by atoms with Crippen LogP contribution in [0.3, 0.4) is 0 Å². The van der Waals surface area contributed by atoms with Gasteiger partial charge in [0.15, 0.2) is 0 Å². The van der Waals surface area contributed by atoms with Gasteiger partial charge < -0.3 is 9.80 Å². The van der Waals surface area contributed by atoms with Crippen molar-refractivity contribution in [2.24, 2.45) is 0 Å². The molecule has 0 atom stereocenters. The van der Waals surface area contributed by atoms with E-state index in [4.69, 9.17) is 0 Å². The molecule has 2 aliphatic rings. The largest absolute Gasteiger partial charge is 0.310 e. The topological polar surface area (TPSA) is 6.48 Å². The lowest BCUT2D eigenvalue weighted by Gasteiger charge is -2.31. The molecule has 0 radical (unpaired) electrons. The predicted molar refractivity (Wildman–Crippen MR) is 268 cm³/mol. The van der Waals surface area contributed by atoms with Crippen LogP contribution < -0.4 is 9.80 Å². The third kappa shape index (κ3) is 7.20. The summed E-state index contributed by atoms with van der Waals surface area (Å²) in [6, 6.07) is 78.7. The lowest BCUT2D eigenvalue weighted by atomic mass is 9.82. The van der Waals surface area contributed by atoms with Gasteiger partial charge in [0.1, 0.15) is 0 Å². The average Bonchev–Trinajstić information content (AvgIpc) is 3.58. The standard InChI is InChI=1S/C61H52N2/c1-61(2)58-25-15-14-24-55(58)56-39-38-54(42-59(56)61)62(50-30-26-45(27-31-50)43-16-6-3-7-17-43)51-34-36-53(37-35-51)63(52-32-28-46(29-33-52)44-18-8-4-9-19-44)60-41-49-23-13-12-22-48(49)40-57(60)47-20-10-5-11-21-47/h3,5-7,10-17,20-42,44H,4,8-9,18-19H2,1-2H3. The van der Waals surface area contributed by atoms with Gasteiger partial charge in [-0.25, -0.2) is 0 Å². The Morgan fingerprint density at radius 2 is 0.857 bits per heavy atom. The first kappa shape index (κ1) is 38.7. The third-order valence-electron chi connectivity index (χ3n) is 13.8. The Morgan fingerprint density at radius 3 is 1.52 bits per heavy atom. The van der Waals surface area contributed by atoms with Gasteiger partial charge in [-0.05, 0) is 147 Å². The van der Waals surface area contributed by atoms with E-state index in [9.17, 15) is 0 Å². The summed E-state index contributed by atoms with van der Waals surface area (Å²) < 4.78 is 0. The summed E-state index contributed by atoms with van der Waals surface area (Å²) in [7, 11) is 0. The fourth-order valence-corrected chi connectivity index (χ4v) is 10.5. The highest BCUT2D eigenvalue weighted by atomic mass is 15.2. The van der Waals surface area contributed by atoms with Gasteiger partial charge >= 0.3 is 0 Å². The molecule has 306 valence electrons. The summed E-state index contributed by atoms with van der Waals surface area (Å²) >= 11 is 0. The normalized spacial score (nSPS) is 14.3. The van der Waals surface area contributed by atoms with Gasteiger partial charge in [0, 0.05) is 39.4 Å². The molecule has 0 heterocycles. The van der Waals surface area contributed by atoms with Gasteiger partial charge in [0.25, 0.3) is 0 Å². The molecule has 2 aliphatic carbocycles. The number of hydrogen-bond donors (Lipinski definition) is 0. The fourth-order valence-electron chi connectivity index (χ4n) is 10.5. The van der Waals surface area contributed by atoms with Crippen molar-refractivity contribution in [1.29, 1.82) is 0 Å². The van der Waals surface area contributed by atoms with Gasteiger partial charge in [0.05, 0.1) is 5.69 Å². The maximum absolute atomic E-state index is 2.47. The summed E-state index contributed by atoms with van der Waals surface area (Å²) in [5, 5.41) is 2.46. The Kier molecular flexibility index (Phi) is 10.0. The monoisotopic (exact) mass is 812 g/mol. The number of hydrogen-bond acceptors (Lipinski definition) is 2. The highest BCUT2D eigenvalue weighted by Gasteiger charge is 2.36. The summed E-state index contributed by atoms with van der Waals surface area (Å²) in [5.74, 6) is 0.646. The Morgan fingerprint density at radius 1 is 0.365 bits per heavy atom. The Bertz CT molecular complexity index is 3030. The lowest BCUT2D eigenvalue weighted by Crippen LogP contribution is -2.16. The van der Waals surface area contributed by atoms with Crippen molar-refractivity contribution in [3.8, 4) is 33.4 Å². The molecule has 2 heteroatoms. The van der Waals surface area contributed by atoms with Crippen molar-refractivity contribution >= 4 is 44.9 Å². The molecule has 9 aromatic rings. The van der Waals surface area contributed by atoms with Crippen molar-refractivity contribution in [1.82, 2.24) is 0 Å². The number of fused-ring (bicyclic) bond motifs is 4. The molecule has 0 N–H and O–H groups in total. The molecule has 0 saturated heterocycles. The van der Waals surface area contributed by atoms with E-state index in [-0.39, 0.29) is 5.41 Å². The van der Waals surface area contributed by atoms with Crippen LogP contribution in [0.15, 0.2) is 212 Å². The van der Waals surface area contributed by atoms with Crippen LogP contribution in [-0.4, -0.2) is 0 Å². The van der Waals surface area contributed by atoms with Crippen LogP contribution in [-0.2, 0) is 5.41 Å². The SMILES string of the molecule is CC1(C)c2ccccc2-c2ccc(N(c3ccc(-c4ccccc4)cc3)c3ccc(N(c4ccc(C5CCCCC5)cc4)c4cc5ccccc5cc4-c4ccccc4)cc3)cc21. The summed E-state index contributed by atoms with van der Waals surface area (Å²) in [6.45, 7) is 4.73. The molecule has 1 saturated carbocycles. The maximum Gasteiger partial charge on any atom is 0.0546 e. The molecule has 0 amide bonds. The zero-order valence-electron chi connectivity index (χ0n) is 36.2. The highest BCUT2D eigenvalue weighted by molar-refractivity contribution is 5.98. The van der Waals surface area contributed by atoms with E-state index in [1.807, 2.05) is 0 Å². The molecule has 0 aromatic heterocycles. The minimum absolute atomic E-state index is 0.113. The van der Waals surface area contributed by atoms with Crippen LogP contribution in [0.2, 0.25) is 0 Å². The van der Waals surface area contributed by atoms with Crippen LogP contribution in [0, 0.1) is 0 Å². The molecule has 0 spiro atoms. The third-order valence-corrected chi connectivity index (χ3v) is 13.8. The second-order valence-corrected chi connectivity index (χ2v) is 18.0. The van der Waals surface area contributed by atoms with Crippen LogP contribution in [0.5, 0.6) is 0 Å². The second-order valence-electron chi connectivity index (χ2n) is 18.0. The van der Waals surface area contributed by atoms with Gasteiger partial charge in [-0.2, -0.15) is 0 Å². The zero-order valence-corrected chi connectivity index (χ0v) is 36.2. The number of nitrogens with zero attached hydrogens (tertiary/aromatic N) is 2. The summed E-state index contributed by atoms with van der Waals surface area (Å²) in [5.41, 5.74) is 18.4. The van der Waals surface area contributed by atoms with E-state index < -0.39 is 0 Å². The summed E-state index contributed by atoms with van der Waals surface area (Å²) in [4.78, 5) is 4.89. The first-order valence-electron chi connectivity index (χ1n) is 22.8. The quantitative estimate of drug-likeness (QED) is 0.143. The zero-order chi connectivity index (χ0) is 42.3. The number of rotatable bonds is 9. The maximum atomic E-state index is 2.47. The molecule has 0 unspecified atom stereocenters. The van der Waals surface area contributed by atoms with Gasteiger partial charge in [-0.1, -0.05) is 173 Å². The van der Waals surface area contributed by atoms with E-state index in [1.54, 1.807) is 0 Å². The molecular weight excluding hydrogens is 761 g/mol. The van der Waals surface area contributed by atoms with E-state index in [0.717, 1.165) is 34.1 Å². The van der Waals surface area contributed by atoms with Gasteiger partial charge in [-0.3, -0.25) is 0 Å². The van der Waals surface area contributed by atoms with Gasteiger partial charge in [-0.15, -0.1) is 0 Å². The second kappa shape index (κ2) is 16.3. The van der Waals surface area contributed by atoms with Crippen molar-refractivity contribution in [3.63, 3.8) is 0 Å². The lowest BCUT2D eigenvalue weighted by molar-refractivity contribution is 0.443.